The van der Waals surface area contributed by atoms with Gasteiger partial charge in [-0.25, -0.2) is 4.98 Å². The predicted molar refractivity (Wildman–Crippen MR) is 47.2 cm³/mol. The van der Waals surface area contributed by atoms with E-state index in [0.29, 0.717) is 5.82 Å². The first kappa shape index (κ1) is 9.88. The Morgan fingerprint density at radius 3 is 2.27 bits per heavy atom. The third kappa shape index (κ3) is 3.55. The molecule has 11 heavy (non-hydrogen) atoms. The molecule has 3 nitrogen and oxygen atoms in total. The zero-order valence-corrected chi connectivity index (χ0v) is 7.33. The Kier molecular flexibility index (Phi) is 5.07. The van der Waals surface area contributed by atoms with Crippen molar-refractivity contribution in [2.45, 2.75) is 27.2 Å². The zero-order chi connectivity index (χ0) is 8.69. The van der Waals surface area contributed by atoms with Crippen molar-refractivity contribution in [1.82, 2.24) is 9.97 Å². The molecule has 1 heterocycles. The fourth-order valence-electron chi connectivity index (χ4n) is 0.547. The summed E-state index contributed by atoms with van der Waals surface area (Å²) in [4.78, 5) is 7.87. The van der Waals surface area contributed by atoms with Crippen LogP contribution in [0.4, 0.5) is 5.82 Å². The van der Waals surface area contributed by atoms with Crippen LogP contribution in [0.5, 0.6) is 0 Å². The fraction of sp³-hybridized carbons (Fsp3) is 0.500. The molecule has 0 bridgehead atoms. The Balaban J connectivity index is 0.000000461. The molecule has 1 aromatic rings. The van der Waals surface area contributed by atoms with Crippen molar-refractivity contribution in [3.8, 4) is 0 Å². The van der Waals surface area contributed by atoms with Gasteiger partial charge in [0.1, 0.15) is 5.82 Å². The molecule has 0 radical (unpaired) electrons. The van der Waals surface area contributed by atoms with E-state index in [9.17, 15) is 0 Å². The molecular formula is C8H15N3. The van der Waals surface area contributed by atoms with Gasteiger partial charge in [0, 0.05) is 0 Å². The summed E-state index contributed by atoms with van der Waals surface area (Å²) < 4.78 is 0. The minimum atomic E-state index is 0.479. The van der Waals surface area contributed by atoms with Gasteiger partial charge < -0.3 is 5.73 Å². The molecule has 3 heteroatoms. The second-order valence-corrected chi connectivity index (χ2v) is 1.79. The lowest BCUT2D eigenvalue weighted by Crippen LogP contribution is -1.93. The molecule has 0 aliphatic heterocycles. The second-order valence-electron chi connectivity index (χ2n) is 1.79. The molecule has 1 aromatic heterocycles. The van der Waals surface area contributed by atoms with E-state index in [1.165, 1.54) is 0 Å². The maximum atomic E-state index is 5.31. The van der Waals surface area contributed by atoms with Crippen molar-refractivity contribution in [3.05, 3.63) is 18.1 Å². The Morgan fingerprint density at radius 2 is 1.91 bits per heavy atom. The monoisotopic (exact) mass is 153 g/mol. The molecule has 0 spiro atoms. The number of rotatable bonds is 1. The molecule has 0 aliphatic rings. The lowest BCUT2D eigenvalue weighted by Gasteiger charge is -1.92. The highest BCUT2D eigenvalue weighted by Gasteiger charge is 1.88. The number of nitrogen functional groups attached to an aromatic ring is 1. The molecule has 2 N–H and O–H groups in total. The molecule has 1 rings (SSSR count). The Hall–Kier alpha value is -1.12. The van der Waals surface area contributed by atoms with Gasteiger partial charge in [0.05, 0.1) is 18.1 Å². The van der Waals surface area contributed by atoms with Crippen molar-refractivity contribution in [2.75, 3.05) is 5.73 Å². The lowest BCUT2D eigenvalue weighted by molar-refractivity contribution is 1.00. The highest BCUT2D eigenvalue weighted by molar-refractivity contribution is 5.22. The summed E-state index contributed by atoms with van der Waals surface area (Å²) in [6.07, 6.45) is 4.17. The van der Waals surface area contributed by atoms with Crippen LogP contribution < -0.4 is 5.73 Å². The van der Waals surface area contributed by atoms with Gasteiger partial charge in [-0.05, 0) is 6.42 Å². The van der Waals surface area contributed by atoms with Crippen molar-refractivity contribution in [1.29, 1.82) is 0 Å². The Labute approximate surface area is 67.7 Å². The Bertz CT molecular complexity index is 181. The lowest BCUT2D eigenvalue weighted by atomic mass is 10.4. The van der Waals surface area contributed by atoms with Gasteiger partial charge in [0.25, 0.3) is 0 Å². The van der Waals surface area contributed by atoms with E-state index in [1.807, 2.05) is 20.8 Å². The summed E-state index contributed by atoms with van der Waals surface area (Å²) >= 11 is 0. The van der Waals surface area contributed by atoms with Gasteiger partial charge in [-0.1, -0.05) is 20.8 Å². The fourth-order valence-corrected chi connectivity index (χ4v) is 0.547. The molecular weight excluding hydrogens is 138 g/mol. The molecule has 0 saturated heterocycles. The van der Waals surface area contributed by atoms with Crippen LogP contribution >= 0.6 is 0 Å². The standard InChI is InChI=1S/C6H9N3.C2H6/c1-2-5-3-9-6(7)4-8-5;1-2/h3-4H,2H2,1H3,(H2,7,9);1-2H3. The van der Waals surface area contributed by atoms with Gasteiger partial charge in [-0.2, -0.15) is 0 Å². The minimum Gasteiger partial charge on any atom is -0.382 e. The number of nitrogens with two attached hydrogens (primary N) is 1. The zero-order valence-electron chi connectivity index (χ0n) is 7.33. The van der Waals surface area contributed by atoms with E-state index in [0.717, 1.165) is 12.1 Å². The average molecular weight is 153 g/mol. The SMILES string of the molecule is CC.CCc1cnc(N)cn1. The van der Waals surface area contributed by atoms with E-state index in [4.69, 9.17) is 5.73 Å². The highest BCUT2D eigenvalue weighted by Crippen LogP contribution is 1.95. The van der Waals surface area contributed by atoms with Gasteiger partial charge >= 0.3 is 0 Å². The number of anilines is 1. The summed E-state index contributed by atoms with van der Waals surface area (Å²) in [6.45, 7) is 6.03. The molecule has 62 valence electrons. The topological polar surface area (TPSA) is 51.8 Å². The van der Waals surface area contributed by atoms with E-state index < -0.39 is 0 Å². The Morgan fingerprint density at radius 1 is 1.27 bits per heavy atom. The first-order chi connectivity index (χ1) is 5.33. The van der Waals surface area contributed by atoms with Crippen LogP contribution in [0, 0.1) is 0 Å². The van der Waals surface area contributed by atoms with Crippen molar-refractivity contribution < 1.29 is 0 Å². The van der Waals surface area contributed by atoms with Crippen LogP contribution in [0.1, 0.15) is 26.5 Å². The molecule has 0 atom stereocenters. The van der Waals surface area contributed by atoms with E-state index in [2.05, 4.69) is 9.97 Å². The maximum Gasteiger partial charge on any atom is 0.141 e. The van der Waals surface area contributed by atoms with Crippen LogP contribution in [0.25, 0.3) is 0 Å². The number of nitrogens with zero attached hydrogens (tertiary/aromatic N) is 2. The van der Waals surface area contributed by atoms with Crippen LogP contribution in [0.2, 0.25) is 0 Å². The van der Waals surface area contributed by atoms with Gasteiger partial charge in [0.2, 0.25) is 0 Å². The van der Waals surface area contributed by atoms with Crippen molar-refractivity contribution in [2.24, 2.45) is 0 Å². The van der Waals surface area contributed by atoms with Crippen LogP contribution in [-0.4, -0.2) is 9.97 Å². The summed E-state index contributed by atoms with van der Waals surface area (Å²) in [5.74, 6) is 0.479. The average Bonchev–Trinajstić information content (AvgIpc) is 2.10. The smallest absolute Gasteiger partial charge is 0.141 e. The molecule has 0 amide bonds. The summed E-state index contributed by atoms with van der Waals surface area (Å²) in [7, 11) is 0. The van der Waals surface area contributed by atoms with Crippen LogP contribution in [0.15, 0.2) is 12.4 Å². The summed E-state index contributed by atoms with van der Waals surface area (Å²) in [6, 6.07) is 0. The minimum absolute atomic E-state index is 0.479. The highest BCUT2D eigenvalue weighted by atomic mass is 14.9. The predicted octanol–water partition coefficient (Wildman–Crippen LogP) is 1.65. The first-order valence-corrected chi connectivity index (χ1v) is 3.89. The van der Waals surface area contributed by atoms with Crippen molar-refractivity contribution >= 4 is 5.82 Å². The van der Waals surface area contributed by atoms with Crippen LogP contribution in [0.3, 0.4) is 0 Å². The quantitative estimate of drug-likeness (QED) is 0.667. The molecule has 0 fully saturated rings. The normalized spacial score (nSPS) is 8.27. The third-order valence-electron chi connectivity index (χ3n) is 1.09. The molecule has 0 unspecified atom stereocenters. The number of aryl methyl sites for hydroxylation is 1. The number of aromatic nitrogens is 2. The van der Waals surface area contributed by atoms with Crippen molar-refractivity contribution in [3.63, 3.8) is 0 Å². The van der Waals surface area contributed by atoms with E-state index in [1.54, 1.807) is 12.4 Å². The second kappa shape index (κ2) is 5.65. The first-order valence-electron chi connectivity index (χ1n) is 3.89. The van der Waals surface area contributed by atoms with E-state index >= 15 is 0 Å². The molecule has 0 saturated carbocycles. The summed E-state index contributed by atoms with van der Waals surface area (Å²) in [5.41, 5.74) is 6.28. The molecule has 0 aromatic carbocycles. The number of hydrogen-bond donors (Lipinski definition) is 1. The van der Waals surface area contributed by atoms with Gasteiger partial charge in [-0.15, -0.1) is 0 Å². The number of hydrogen-bond acceptors (Lipinski definition) is 3. The van der Waals surface area contributed by atoms with Gasteiger partial charge in [-0.3, -0.25) is 4.98 Å². The largest absolute Gasteiger partial charge is 0.382 e. The maximum absolute atomic E-state index is 5.31. The third-order valence-corrected chi connectivity index (χ3v) is 1.09. The van der Waals surface area contributed by atoms with E-state index in [-0.39, 0.29) is 0 Å². The van der Waals surface area contributed by atoms with Crippen LogP contribution in [-0.2, 0) is 6.42 Å². The van der Waals surface area contributed by atoms with Gasteiger partial charge in [0.15, 0.2) is 0 Å². The summed E-state index contributed by atoms with van der Waals surface area (Å²) in [5, 5.41) is 0. The molecule has 0 aliphatic carbocycles.